The number of likely N-dealkylation sites (N-methyl/N-ethyl adjacent to an activating group) is 1. The highest BCUT2D eigenvalue weighted by Crippen LogP contribution is 2.62. The van der Waals surface area contributed by atoms with Crippen molar-refractivity contribution in [2.45, 2.75) is 115 Å². The van der Waals surface area contributed by atoms with Gasteiger partial charge in [-0.15, -0.1) is 0 Å². The number of hydrogen-bond donors (Lipinski definition) is 4. The van der Waals surface area contributed by atoms with Gasteiger partial charge in [0.05, 0.1) is 19.4 Å². The molecule has 4 fully saturated rings. The van der Waals surface area contributed by atoms with E-state index in [1.807, 2.05) is 6.92 Å². The number of carbonyl (C=O) groups excluding carboxylic acids is 3. The van der Waals surface area contributed by atoms with Gasteiger partial charge in [-0.25, -0.2) is 4.79 Å². The molecule has 9 nitrogen and oxygen atoms in total. The van der Waals surface area contributed by atoms with Crippen molar-refractivity contribution in [1.29, 1.82) is 0 Å². The molecule has 5 aliphatic rings. The van der Waals surface area contributed by atoms with Gasteiger partial charge in [0, 0.05) is 30.2 Å². The van der Waals surface area contributed by atoms with E-state index in [-0.39, 0.29) is 49.3 Å². The number of fused-ring (bicyclic) bond motifs is 2. The molecule has 0 aromatic rings. The minimum Gasteiger partial charge on any atom is -0.463 e. The van der Waals surface area contributed by atoms with E-state index in [9.17, 15) is 19.5 Å². The third-order valence-corrected chi connectivity index (χ3v) is 11.2. The molecular formula is C34H53N3O6. The normalized spacial score (nSPS) is 39.5. The van der Waals surface area contributed by atoms with Crippen molar-refractivity contribution in [3.63, 3.8) is 0 Å². The highest BCUT2D eigenvalue weighted by Gasteiger charge is 2.87. The molecule has 0 amide bonds. The van der Waals surface area contributed by atoms with Gasteiger partial charge in [0.25, 0.3) is 5.60 Å². The van der Waals surface area contributed by atoms with E-state index in [0.29, 0.717) is 30.3 Å². The predicted octanol–water partition coefficient (Wildman–Crippen LogP) is 3.34. The fraction of sp³-hybridized carbons (Fsp3) is 0.794. The van der Waals surface area contributed by atoms with Gasteiger partial charge in [-0.1, -0.05) is 44.4 Å². The molecule has 240 valence electrons. The monoisotopic (exact) mass is 599 g/mol. The largest absolute Gasteiger partial charge is 0.463 e. The molecule has 4 unspecified atom stereocenters. The number of epoxide rings is 1. The summed E-state index contributed by atoms with van der Waals surface area (Å²) < 4.78 is 12.2. The molecule has 43 heavy (non-hydrogen) atoms. The first kappa shape index (κ1) is 32.5. The smallest absolute Gasteiger partial charge is 0.350 e. The Morgan fingerprint density at radius 1 is 1.14 bits per heavy atom. The molecule has 2 aliphatic heterocycles. The third-order valence-electron chi connectivity index (χ3n) is 11.2. The molecular weight excluding hydrogens is 546 g/mol. The molecule has 0 aromatic heterocycles. The Hall–Kier alpha value is -1.91. The van der Waals surface area contributed by atoms with Crippen molar-refractivity contribution >= 4 is 17.5 Å². The second-order valence-corrected chi connectivity index (χ2v) is 13.8. The number of aliphatic hydroxyl groups excluding tert-OH is 1. The summed E-state index contributed by atoms with van der Waals surface area (Å²) in [7, 11) is 0. The Bertz CT molecular complexity index is 1120. The Kier molecular flexibility index (Phi) is 10.3. The summed E-state index contributed by atoms with van der Waals surface area (Å²) in [5.41, 5.74) is 4.27. The van der Waals surface area contributed by atoms with Crippen molar-refractivity contribution in [2.24, 2.45) is 35.3 Å². The number of hydrogen-bond acceptors (Lipinski definition) is 9. The summed E-state index contributed by atoms with van der Waals surface area (Å²) in [4.78, 5) is 42.3. The molecule has 2 saturated carbocycles. The van der Waals surface area contributed by atoms with E-state index in [1.165, 1.54) is 0 Å². The lowest BCUT2D eigenvalue weighted by atomic mass is 9.60. The maximum atomic E-state index is 14.2. The van der Waals surface area contributed by atoms with Gasteiger partial charge >= 0.3 is 5.97 Å². The molecule has 5 N–H and O–H groups in total. The highest BCUT2D eigenvalue weighted by molar-refractivity contribution is 6.23. The van der Waals surface area contributed by atoms with Crippen LogP contribution in [0.25, 0.3) is 0 Å². The summed E-state index contributed by atoms with van der Waals surface area (Å²) in [5.74, 6) is -1.16. The molecule has 0 spiro atoms. The van der Waals surface area contributed by atoms with Crippen molar-refractivity contribution in [3.8, 4) is 0 Å². The van der Waals surface area contributed by atoms with Crippen LogP contribution >= 0.6 is 0 Å². The van der Waals surface area contributed by atoms with Crippen molar-refractivity contribution in [3.05, 3.63) is 23.3 Å². The van der Waals surface area contributed by atoms with E-state index >= 15 is 0 Å². The average molecular weight is 600 g/mol. The van der Waals surface area contributed by atoms with E-state index in [1.54, 1.807) is 0 Å². The van der Waals surface area contributed by atoms with Crippen LogP contribution in [0.3, 0.4) is 0 Å². The summed E-state index contributed by atoms with van der Waals surface area (Å²) >= 11 is 0. The third kappa shape index (κ3) is 6.17. The standard InChI is InChI=1S/C34H53N3O6/c1-4-22-12-13-28(36-5-2)24(16-22)20-42-32(41)34-31(40)27-9-7-6-8-26(27)30(39)33(34,43-34)18-25(19-38)21(3)10-11-23-14-15-37-29(35)17-23/h12-13,22-24,26-29,36-38H,4-11,14-20,35H2,1-3H3/t22-,23?,24-,26?,27?,28+,29?,33-,34-/m0/s1. The van der Waals surface area contributed by atoms with Crippen molar-refractivity contribution in [1.82, 2.24) is 10.6 Å². The quantitative estimate of drug-likeness (QED) is 0.115. The lowest BCUT2D eigenvalue weighted by Gasteiger charge is -2.37. The number of piperidine rings is 1. The number of Topliss-reactive ketones (excluding diaryl/α,β-unsaturated/α-hetero) is 2. The minimum absolute atomic E-state index is 0.00515. The van der Waals surface area contributed by atoms with Crippen molar-refractivity contribution in [2.75, 3.05) is 26.3 Å². The number of esters is 1. The Morgan fingerprint density at radius 3 is 2.56 bits per heavy atom. The molecule has 9 heteroatoms. The SMILES string of the molecule is CCN[C@@H]1C=C[C@H](CC)C[C@H]1COC(=O)[C@]12O[C@@]1(CC(CO)=C(C)CCC1CCNC(N)C1)C(=O)C1CCCCC1C2=O. The van der Waals surface area contributed by atoms with Gasteiger partial charge in [-0.2, -0.15) is 0 Å². The van der Waals surface area contributed by atoms with Gasteiger partial charge < -0.3 is 30.9 Å². The molecule has 3 aliphatic carbocycles. The fourth-order valence-electron chi connectivity index (χ4n) is 8.40. The van der Waals surface area contributed by atoms with Gasteiger partial charge in [0.1, 0.15) is 0 Å². The van der Waals surface area contributed by atoms with Crippen LogP contribution < -0.4 is 16.4 Å². The van der Waals surface area contributed by atoms with Crippen LogP contribution in [0.1, 0.15) is 91.4 Å². The van der Waals surface area contributed by atoms with Gasteiger partial charge in [0.2, 0.25) is 0 Å². The molecule has 0 radical (unpaired) electrons. The van der Waals surface area contributed by atoms with E-state index in [2.05, 4.69) is 36.6 Å². The summed E-state index contributed by atoms with van der Waals surface area (Å²) in [6.45, 7) is 7.78. The highest BCUT2D eigenvalue weighted by atomic mass is 16.7. The number of ketones is 2. The van der Waals surface area contributed by atoms with Gasteiger partial charge in [-0.05, 0) is 88.8 Å². The number of nitrogens with two attached hydrogens (primary N) is 1. The fourth-order valence-corrected chi connectivity index (χ4v) is 8.40. The first-order valence-electron chi connectivity index (χ1n) is 16.9. The predicted molar refractivity (Wildman–Crippen MR) is 164 cm³/mol. The van der Waals surface area contributed by atoms with Crippen LogP contribution in [-0.2, 0) is 23.9 Å². The molecule has 2 heterocycles. The summed E-state index contributed by atoms with van der Waals surface area (Å²) in [6, 6.07) is 0.0791. The van der Waals surface area contributed by atoms with E-state index < -0.39 is 29.0 Å². The maximum Gasteiger partial charge on any atom is 0.350 e. The average Bonchev–Trinajstić information content (AvgIpc) is 3.72. The second-order valence-electron chi connectivity index (χ2n) is 13.8. The molecule has 0 bridgehead atoms. The maximum absolute atomic E-state index is 14.2. The van der Waals surface area contributed by atoms with Crippen LogP contribution in [0.15, 0.2) is 23.3 Å². The topological polar surface area (TPSA) is 143 Å². The number of carbonyl (C=O) groups is 3. The first-order valence-corrected chi connectivity index (χ1v) is 16.9. The zero-order valence-electron chi connectivity index (χ0n) is 26.4. The van der Waals surface area contributed by atoms with Gasteiger partial charge in [-0.3, -0.25) is 9.59 Å². The Labute approximate surface area is 256 Å². The molecule has 2 saturated heterocycles. The number of rotatable bonds is 12. The van der Waals surface area contributed by atoms with Crippen LogP contribution in [0.2, 0.25) is 0 Å². The second kappa shape index (κ2) is 13.6. The summed E-state index contributed by atoms with van der Waals surface area (Å²) in [5, 5.41) is 17.2. The van der Waals surface area contributed by atoms with Crippen LogP contribution in [0.5, 0.6) is 0 Å². The van der Waals surface area contributed by atoms with Crippen molar-refractivity contribution < 1.29 is 29.0 Å². The number of aliphatic hydroxyl groups is 1. The van der Waals surface area contributed by atoms with Gasteiger partial charge in [0.15, 0.2) is 17.2 Å². The van der Waals surface area contributed by atoms with E-state index in [0.717, 1.165) is 70.0 Å². The lowest BCUT2D eigenvalue weighted by molar-refractivity contribution is -0.160. The van der Waals surface area contributed by atoms with E-state index in [4.69, 9.17) is 15.2 Å². The summed E-state index contributed by atoms with van der Waals surface area (Å²) in [6.07, 6.45) is 13.0. The number of nitrogens with one attached hydrogen (secondary N) is 2. The molecule has 0 aromatic carbocycles. The number of ether oxygens (including phenoxy) is 2. The zero-order chi connectivity index (χ0) is 30.8. The zero-order valence-corrected chi connectivity index (χ0v) is 26.4. The molecule has 5 rings (SSSR count). The van der Waals surface area contributed by atoms with Crippen LogP contribution in [0, 0.1) is 29.6 Å². The van der Waals surface area contributed by atoms with Crippen LogP contribution in [0.4, 0.5) is 0 Å². The number of allylic oxidation sites excluding steroid dienone is 2. The minimum atomic E-state index is -1.91. The van der Waals surface area contributed by atoms with Crippen LogP contribution in [-0.4, -0.2) is 72.4 Å². The Morgan fingerprint density at radius 2 is 1.88 bits per heavy atom. The molecule has 9 atom stereocenters. The lowest BCUT2D eigenvalue weighted by Crippen LogP contribution is -2.58. The first-order chi connectivity index (χ1) is 20.7. The Balaban J connectivity index is 1.36.